The van der Waals surface area contributed by atoms with Crippen LogP contribution in [0.25, 0.3) is 0 Å². The Balaban J connectivity index is 2.10. The molecule has 2 atom stereocenters. The Bertz CT molecular complexity index is 493. The molecule has 0 bridgehead atoms. The molecule has 7 heteroatoms. The topological polar surface area (TPSA) is 42.0 Å². The third kappa shape index (κ3) is 3.62. The molecule has 0 spiro atoms. The van der Waals surface area contributed by atoms with Crippen LogP contribution in [0.2, 0.25) is 5.15 Å². The highest BCUT2D eigenvalue weighted by Gasteiger charge is 2.48. The maximum atomic E-state index is 12.9. The number of aromatic nitrogens is 1. The van der Waals surface area contributed by atoms with Gasteiger partial charge in [0.15, 0.2) is 0 Å². The molecular formula is C13H14ClF3N2O. The average molecular weight is 307 g/mol. The van der Waals surface area contributed by atoms with Crippen LogP contribution in [0.3, 0.4) is 0 Å². The number of nitrogens with one attached hydrogen (secondary N) is 1. The van der Waals surface area contributed by atoms with Gasteiger partial charge in [0.05, 0.1) is 5.92 Å². The first kappa shape index (κ1) is 15.1. The number of alkyl halides is 3. The summed E-state index contributed by atoms with van der Waals surface area (Å²) in [5.74, 6) is -3.20. The van der Waals surface area contributed by atoms with Gasteiger partial charge in [-0.25, -0.2) is 4.98 Å². The fraction of sp³-hybridized carbons (Fsp3) is 0.538. The van der Waals surface area contributed by atoms with Crippen molar-refractivity contribution in [1.82, 2.24) is 4.98 Å². The van der Waals surface area contributed by atoms with E-state index in [1.807, 2.05) is 0 Å². The number of anilines is 1. The third-order valence-electron chi connectivity index (χ3n) is 3.52. The van der Waals surface area contributed by atoms with E-state index in [0.29, 0.717) is 18.5 Å². The molecule has 3 nitrogen and oxygen atoms in total. The van der Waals surface area contributed by atoms with E-state index in [2.05, 4.69) is 10.3 Å². The van der Waals surface area contributed by atoms with Crippen molar-refractivity contribution in [2.24, 2.45) is 11.8 Å². The van der Waals surface area contributed by atoms with E-state index in [1.54, 1.807) is 0 Å². The van der Waals surface area contributed by atoms with E-state index in [4.69, 9.17) is 11.6 Å². The fourth-order valence-corrected chi connectivity index (χ4v) is 2.73. The number of carbonyl (C=O) groups excluding carboxylic acids is 1. The number of carbonyl (C=O) groups is 1. The minimum atomic E-state index is -4.34. The number of amides is 1. The van der Waals surface area contributed by atoms with E-state index in [1.165, 1.54) is 18.3 Å². The zero-order valence-electron chi connectivity index (χ0n) is 10.6. The highest BCUT2D eigenvalue weighted by molar-refractivity contribution is 6.29. The fourth-order valence-electron chi connectivity index (χ4n) is 2.55. The Morgan fingerprint density at radius 1 is 1.35 bits per heavy atom. The molecule has 2 unspecified atom stereocenters. The lowest BCUT2D eigenvalue weighted by atomic mass is 9.78. The normalized spacial score (nSPS) is 23.4. The zero-order chi connectivity index (χ0) is 14.8. The Hall–Kier alpha value is -1.30. The summed E-state index contributed by atoms with van der Waals surface area (Å²) < 4.78 is 38.8. The molecule has 1 aliphatic carbocycles. The van der Waals surface area contributed by atoms with E-state index < -0.39 is 23.9 Å². The van der Waals surface area contributed by atoms with Gasteiger partial charge in [0, 0.05) is 17.8 Å². The molecule has 1 aromatic rings. The third-order valence-corrected chi connectivity index (χ3v) is 3.72. The summed E-state index contributed by atoms with van der Waals surface area (Å²) in [5.41, 5.74) is 0.362. The van der Waals surface area contributed by atoms with Crippen molar-refractivity contribution in [3.05, 3.63) is 23.5 Å². The van der Waals surface area contributed by atoms with Crippen molar-refractivity contribution in [2.45, 2.75) is 31.9 Å². The molecule has 1 fully saturated rings. The second-order valence-corrected chi connectivity index (χ2v) is 5.28. The number of rotatable bonds is 2. The molecule has 0 aromatic carbocycles. The maximum Gasteiger partial charge on any atom is 0.392 e. The summed E-state index contributed by atoms with van der Waals surface area (Å²) in [6.07, 6.45) is -1.53. The van der Waals surface area contributed by atoms with Gasteiger partial charge < -0.3 is 5.32 Å². The predicted octanol–water partition coefficient (Wildman–Crippen LogP) is 4.04. The number of pyridine rings is 1. The number of halogens is 4. The second kappa shape index (κ2) is 5.99. The minimum Gasteiger partial charge on any atom is -0.326 e. The van der Waals surface area contributed by atoms with E-state index in [-0.39, 0.29) is 18.0 Å². The maximum absolute atomic E-state index is 12.9. The summed E-state index contributed by atoms with van der Waals surface area (Å²) in [5, 5.41) is 2.67. The SMILES string of the molecule is O=C(Nc1ccnc(Cl)c1)C1CCCCC1C(F)(F)F. The lowest BCUT2D eigenvalue weighted by molar-refractivity contribution is -0.197. The molecule has 0 radical (unpaired) electrons. The monoisotopic (exact) mass is 306 g/mol. The molecule has 1 aromatic heterocycles. The highest BCUT2D eigenvalue weighted by atomic mass is 35.5. The van der Waals surface area contributed by atoms with Crippen LogP contribution in [-0.2, 0) is 4.79 Å². The first-order chi connectivity index (χ1) is 9.38. The molecular weight excluding hydrogens is 293 g/mol. The van der Waals surface area contributed by atoms with E-state index in [0.717, 1.165) is 0 Å². The lowest BCUT2D eigenvalue weighted by Crippen LogP contribution is -2.39. The van der Waals surface area contributed by atoms with Gasteiger partial charge in [-0.15, -0.1) is 0 Å². The Labute approximate surface area is 119 Å². The second-order valence-electron chi connectivity index (χ2n) is 4.90. The van der Waals surface area contributed by atoms with Crippen molar-refractivity contribution in [3.63, 3.8) is 0 Å². The highest BCUT2D eigenvalue weighted by Crippen LogP contribution is 2.41. The van der Waals surface area contributed by atoms with Crippen LogP contribution in [0.5, 0.6) is 0 Å². The van der Waals surface area contributed by atoms with Crippen LogP contribution in [-0.4, -0.2) is 17.1 Å². The summed E-state index contributed by atoms with van der Waals surface area (Å²) in [6, 6.07) is 2.90. The van der Waals surface area contributed by atoms with Crippen LogP contribution in [0.4, 0.5) is 18.9 Å². The summed E-state index contributed by atoms with van der Waals surface area (Å²) in [6.45, 7) is 0. The zero-order valence-corrected chi connectivity index (χ0v) is 11.3. The number of hydrogen-bond acceptors (Lipinski definition) is 2. The van der Waals surface area contributed by atoms with Crippen LogP contribution in [0.1, 0.15) is 25.7 Å². The number of hydrogen-bond donors (Lipinski definition) is 1. The molecule has 1 N–H and O–H groups in total. The minimum absolute atomic E-state index is 0.0126. The average Bonchev–Trinajstić information content (AvgIpc) is 2.37. The van der Waals surface area contributed by atoms with E-state index >= 15 is 0 Å². The van der Waals surface area contributed by atoms with Crippen LogP contribution in [0, 0.1) is 11.8 Å². The molecule has 0 aliphatic heterocycles. The molecule has 1 aliphatic rings. The first-order valence-electron chi connectivity index (χ1n) is 6.37. The van der Waals surface area contributed by atoms with E-state index in [9.17, 15) is 18.0 Å². The van der Waals surface area contributed by atoms with Crippen LogP contribution < -0.4 is 5.32 Å². The number of nitrogens with zero attached hydrogens (tertiary/aromatic N) is 1. The van der Waals surface area contributed by atoms with Gasteiger partial charge in [-0.2, -0.15) is 13.2 Å². The predicted molar refractivity (Wildman–Crippen MR) is 69.4 cm³/mol. The molecule has 1 saturated carbocycles. The first-order valence-corrected chi connectivity index (χ1v) is 6.75. The van der Waals surface area contributed by atoms with Gasteiger partial charge in [0.25, 0.3) is 0 Å². The van der Waals surface area contributed by atoms with Gasteiger partial charge in [-0.1, -0.05) is 24.4 Å². The molecule has 1 amide bonds. The quantitative estimate of drug-likeness (QED) is 0.838. The van der Waals surface area contributed by atoms with Gasteiger partial charge in [-0.05, 0) is 25.0 Å². The van der Waals surface area contributed by atoms with Gasteiger partial charge >= 0.3 is 6.18 Å². The van der Waals surface area contributed by atoms with Crippen LogP contribution >= 0.6 is 11.6 Å². The van der Waals surface area contributed by atoms with Crippen molar-refractivity contribution in [2.75, 3.05) is 5.32 Å². The van der Waals surface area contributed by atoms with Gasteiger partial charge in [0.1, 0.15) is 5.15 Å². The van der Waals surface area contributed by atoms with Crippen LogP contribution in [0.15, 0.2) is 18.3 Å². The molecule has 1 heterocycles. The van der Waals surface area contributed by atoms with Crippen molar-refractivity contribution >= 4 is 23.2 Å². The largest absolute Gasteiger partial charge is 0.392 e. The van der Waals surface area contributed by atoms with Crippen molar-refractivity contribution in [1.29, 1.82) is 0 Å². The lowest BCUT2D eigenvalue weighted by Gasteiger charge is -2.31. The Morgan fingerprint density at radius 3 is 2.70 bits per heavy atom. The molecule has 2 rings (SSSR count). The summed E-state index contributed by atoms with van der Waals surface area (Å²) in [4.78, 5) is 15.8. The Morgan fingerprint density at radius 2 is 2.05 bits per heavy atom. The molecule has 20 heavy (non-hydrogen) atoms. The summed E-state index contributed by atoms with van der Waals surface area (Å²) >= 11 is 5.67. The van der Waals surface area contributed by atoms with Crippen molar-refractivity contribution < 1.29 is 18.0 Å². The van der Waals surface area contributed by atoms with Gasteiger partial charge in [0.2, 0.25) is 5.91 Å². The molecule has 0 saturated heterocycles. The van der Waals surface area contributed by atoms with Gasteiger partial charge in [-0.3, -0.25) is 4.79 Å². The summed E-state index contributed by atoms with van der Waals surface area (Å²) in [7, 11) is 0. The Kier molecular flexibility index (Phi) is 4.52. The van der Waals surface area contributed by atoms with Crippen molar-refractivity contribution in [3.8, 4) is 0 Å². The standard InChI is InChI=1S/C13H14ClF3N2O/c14-11-7-8(5-6-18-11)19-12(20)9-3-1-2-4-10(9)13(15,16)17/h5-7,9-10H,1-4H2,(H,18,19,20). The smallest absolute Gasteiger partial charge is 0.326 e. The molecule has 110 valence electrons.